The van der Waals surface area contributed by atoms with Gasteiger partial charge >= 0.3 is 0 Å². The van der Waals surface area contributed by atoms with E-state index in [9.17, 15) is 4.79 Å². The lowest BCUT2D eigenvalue weighted by Crippen LogP contribution is -2.48. The van der Waals surface area contributed by atoms with Crippen LogP contribution in [-0.4, -0.2) is 40.6 Å². The largest absolute Gasteiger partial charge is 0.478 e. The number of nitrogens with zero attached hydrogens (tertiary/aromatic N) is 2. The smallest absolute Gasteiger partial charge is 0.273 e. The number of likely N-dealkylation sites (tertiary alicyclic amines) is 1. The lowest BCUT2D eigenvalue weighted by molar-refractivity contribution is -0.144. The highest BCUT2D eigenvalue weighted by molar-refractivity contribution is 7.11. The number of rotatable bonds is 5. The molecule has 128 valence electrons. The maximum absolute atomic E-state index is 12.8. The monoisotopic (exact) mass is 366 g/mol. The van der Waals surface area contributed by atoms with Crippen LogP contribution in [0.5, 0.6) is 10.9 Å². The fraction of sp³-hybridized carbons (Fsp3) is 0.412. The maximum Gasteiger partial charge on any atom is 0.273 e. The van der Waals surface area contributed by atoms with Crippen LogP contribution in [0.15, 0.2) is 35.8 Å². The van der Waals surface area contributed by atoms with Crippen molar-refractivity contribution in [3.63, 3.8) is 0 Å². The SMILES string of the molecule is CC(C)(Oc1ccc(Cl)cc1)C(=O)N1CCC(Oc2nccs2)C1. The maximum atomic E-state index is 12.8. The summed E-state index contributed by atoms with van der Waals surface area (Å²) >= 11 is 7.33. The minimum atomic E-state index is -0.954. The van der Waals surface area contributed by atoms with Crippen LogP contribution in [0, 0.1) is 0 Å². The Morgan fingerprint density at radius 2 is 2.12 bits per heavy atom. The fourth-order valence-electron chi connectivity index (χ4n) is 2.64. The standard InChI is InChI=1S/C17H19ClN2O3S/c1-17(2,23-13-5-3-12(18)4-6-13)15(21)20-9-7-14(11-20)22-16-19-8-10-24-16/h3-6,8,10,14H,7,9,11H2,1-2H3. The van der Waals surface area contributed by atoms with Gasteiger partial charge in [-0.3, -0.25) is 4.79 Å². The quantitative estimate of drug-likeness (QED) is 0.810. The molecule has 1 atom stereocenters. The second-order valence-corrected chi connectivity index (χ2v) is 7.44. The number of amides is 1. The van der Waals surface area contributed by atoms with Gasteiger partial charge in [0, 0.05) is 29.6 Å². The Hall–Kier alpha value is -1.79. The van der Waals surface area contributed by atoms with Crippen molar-refractivity contribution in [2.24, 2.45) is 0 Å². The van der Waals surface area contributed by atoms with Gasteiger partial charge in [0.25, 0.3) is 11.1 Å². The first kappa shape index (κ1) is 17.0. The molecule has 1 aromatic carbocycles. The Morgan fingerprint density at radius 1 is 1.38 bits per heavy atom. The van der Waals surface area contributed by atoms with Gasteiger partial charge < -0.3 is 14.4 Å². The first-order valence-corrected chi connectivity index (χ1v) is 9.00. The molecule has 2 aromatic rings. The van der Waals surface area contributed by atoms with E-state index in [1.807, 2.05) is 5.38 Å². The third kappa shape index (κ3) is 3.99. The zero-order valence-electron chi connectivity index (χ0n) is 13.6. The second-order valence-electron chi connectivity index (χ2n) is 6.14. The summed E-state index contributed by atoms with van der Waals surface area (Å²) in [6.07, 6.45) is 2.48. The molecule has 1 aliphatic heterocycles. The second kappa shape index (κ2) is 6.99. The van der Waals surface area contributed by atoms with Crippen LogP contribution in [0.1, 0.15) is 20.3 Å². The highest BCUT2D eigenvalue weighted by Crippen LogP contribution is 2.25. The molecule has 2 heterocycles. The zero-order chi connectivity index (χ0) is 17.2. The molecule has 0 radical (unpaired) electrons. The van der Waals surface area contributed by atoms with Crippen molar-refractivity contribution in [3.05, 3.63) is 40.9 Å². The molecule has 1 aliphatic rings. The molecule has 1 unspecified atom stereocenters. The highest BCUT2D eigenvalue weighted by atomic mass is 35.5. The molecule has 1 aromatic heterocycles. The van der Waals surface area contributed by atoms with Gasteiger partial charge in [0.1, 0.15) is 11.9 Å². The van der Waals surface area contributed by atoms with Gasteiger partial charge in [-0.05, 0) is 38.1 Å². The predicted molar refractivity (Wildman–Crippen MR) is 93.9 cm³/mol. The summed E-state index contributed by atoms with van der Waals surface area (Å²) in [5.41, 5.74) is -0.954. The molecule has 0 bridgehead atoms. The lowest BCUT2D eigenvalue weighted by atomic mass is 10.1. The van der Waals surface area contributed by atoms with Gasteiger partial charge in [-0.25, -0.2) is 4.98 Å². The van der Waals surface area contributed by atoms with E-state index in [2.05, 4.69) is 4.98 Å². The normalized spacial score (nSPS) is 17.8. The molecule has 0 N–H and O–H groups in total. The number of hydrogen-bond donors (Lipinski definition) is 0. The van der Waals surface area contributed by atoms with Crippen molar-refractivity contribution in [2.45, 2.75) is 32.0 Å². The van der Waals surface area contributed by atoms with E-state index in [4.69, 9.17) is 21.1 Å². The zero-order valence-corrected chi connectivity index (χ0v) is 15.1. The summed E-state index contributed by atoms with van der Waals surface area (Å²) in [5, 5.41) is 3.15. The number of carbonyl (C=O) groups excluding carboxylic acids is 1. The van der Waals surface area contributed by atoms with Crippen LogP contribution < -0.4 is 9.47 Å². The van der Waals surface area contributed by atoms with Crippen molar-refractivity contribution < 1.29 is 14.3 Å². The van der Waals surface area contributed by atoms with Crippen LogP contribution in [0.4, 0.5) is 0 Å². The van der Waals surface area contributed by atoms with E-state index in [0.29, 0.717) is 29.1 Å². The first-order valence-electron chi connectivity index (χ1n) is 7.74. The van der Waals surface area contributed by atoms with Crippen LogP contribution in [0.3, 0.4) is 0 Å². The average molecular weight is 367 g/mol. The van der Waals surface area contributed by atoms with E-state index in [1.54, 1.807) is 49.2 Å². The molecule has 24 heavy (non-hydrogen) atoms. The summed E-state index contributed by atoms with van der Waals surface area (Å²) in [5.74, 6) is 0.565. The van der Waals surface area contributed by atoms with E-state index in [1.165, 1.54) is 11.3 Å². The van der Waals surface area contributed by atoms with Crippen LogP contribution in [0.25, 0.3) is 0 Å². The molecule has 3 rings (SSSR count). The van der Waals surface area contributed by atoms with Crippen LogP contribution >= 0.6 is 22.9 Å². The summed E-state index contributed by atoms with van der Waals surface area (Å²) < 4.78 is 11.7. The molecule has 1 saturated heterocycles. The molecule has 5 nitrogen and oxygen atoms in total. The Bertz CT molecular complexity index is 688. The van der Waals surface area contributed by atoms with Gasteiger partial charge in [-0.15, -0.1) is 0 Å². The highest BCUT2D eigenvalue weighted by Gasteiger charge is 2.38. The van der Waals surface area contributed by atoms with Crippen molar-refractivity contribution in [3.8, 4) is 10.9 Å². The Balaban J connectivity index is 1.59. The van der Waals surface area contributed by atoms with Crippen molar-refractivity contribution in [1.82, 2.24) is 9.88 Å². The first-order chi connectivity index (χ1) is 11.4. The molecule has 1 fully saturated rings. The third-order valence-corrected chi connectivity index (χ3v) is 4.72. The molecule has 1 amide bonds. The number of ether oxygens (including phenoxy) is 2. The molecule has 0 aliphatic carbocycles. The van der Waals surface area contributed by atoms with Gasteiger partial charge in [0.2, 0.25) is 0 Å². The van der Waals surface area contributed by atoms with Gasteiger partial charge in [-0.2, -0.15) is 0 Å². The van der Waals surface area contributed by atoms with Crippen LogP contribution in [0.2, 0.25) is 5.02 Å². The number of carbonyl (C=O) groups is 1. The van der Waals surface area contributed by atoms with Crippen molar-refractivity contribution >= 4 is 28.8 Å². The molecule has 0 saturated carbocycles. The van der Waals surface area contributed by atoms with Crippen LogP contribution in [-0.2, 0) is 4.79 Å². The number of thiazole rings is 1. The Kier molecular flexibility index (Phi) is 4.96. The molecular formula is C17H19ClN2O3S. The lowest BCUT2D eigenvalue weighted by Gasteiger charge is -2.30. The Morgan fingerprint density at radius 3 is 2.79 bits per heavy atom. The van der Waals surface area contributed by atoms with Gasteiger partial charge in [0.15, 0.2) is 5.60 Å². The fourth-order valence-corrected chi connectivity index (χ4v) is 3.32. The minimum Gasteiger partial charge on any atom is -0.478 e. The number of aromatic nitrogens is 1. The van der Waals surface area contributed by atoms with E-state index < -0.39 is 5.60 Å². The number of halogens is 1. The molecular weight excluding hydrogens is 348 g/mol. The van der Waals surface area contributed by atoms with Crippen molar-refractivity contribution in [1.29, 1.82) is 0 Å². The van der Waals surface area contributed by atoms with Crippen molar-refractivity contribution in [2.75, 3.05) is 13.1 Å². The predicted octanol–water partition coefficient (Wildman–Crippen LogP) is 3.63. The average Bonchev–Trinajstić information content (AvgIpc) is 3.21. The molecule has 0 spiro atoms. The molecule has 7 heteroatoms. The number of hydrogen-bond acceptors (Lipinski definition) is 5. The van der Waals surface area contributed by atoms with E-state index in [-0.39, 0.29) is 12.0 Å². The van der Waals surface area contributed by atoms with E-state index >= 15 is 0 Å². The van der Waals surface area contributed by atoms with Gasteiger partial charge in [-0.1, -0.05) is 22.9 Å². The third-order valence-electron chi connectivity index (χ3n) is 3.81. The Labute approximate surface area is 150 Å². The summed E-state index contributed by atoms with van der Waals surface area (Å²) in [6.45, 7) is 4.76. The summed E-state index contributed by atoms with van der Waals surface area (Å²) in [4.78, 5) is 18.7. The minimum absolute atomic E-state index is 0.0218. The summed E-state index contributed by atoms with van der Waals surface area (Å²) in [6, 6.07) is 7.00. The van der Waals surface area contributed by atoms with Gasteiger partial charge in [0.05, 0.1) is 6.54 Å². The summed E-state index contributed by atoms with van der Waals surface area (Å²) in [7, 11) is 0. The topological polar surface area (TPSA) is 51.7 Å². The number of benzene rings is 1. The van der Waals surface area contributed by atoms with E-state index in [0.717, 1.165) is 6.42 Å².